The molecule has 4 nitrogen and oxygen atoms in total. The van der Waals surface area contributed by atoms with E-state index in [-0.39, 0.29) is 12.0 Å². The molecule has 0 aromatic heterocycles. The maximum Gasteiger partial charge on any atom is 0.307 e. The number of piperazine rings is 1. The fourth-order valence-corrected chi connectivity index (χ4v) is 1.60. The molecular formula is C8H16N2O2S. The van der Waals surface area contributed by atoms with Crippen LogP contribution in [0.2, 0.25) is 0 Å². The number of thiol groups is 1. The van der Waals surface area contributed by atoms with Crippen LogP contribution >= 0.6 is 12.8 Å². The minimum Gasteiger partial charge on any atom is -0.466 e. The molecule has 1 aliphatic rings. The molecule has 0 bridgehead atoms. The zero-order chi connectivity index (χ0) is 9.68. The lowest BCUT2D eigenvalue weighted by atomic mass is 10.2. The van der Waals surface area contributed by atoms with Gasteiger partial charge in [0, 0.05) is 25.7 Å². The molecule has 5 heteroatoms. The summed E-state index contributed by atoms with van der Waals surface area (Å²) in [5.41, 5.74) is 0. The Morgan fingerprint density at radius 2 is 2.54 bits per heavy atom. The lowest BCUT2D eigenvalue weighted by Gasteiger charge is -2.30. The fourth-order valence-electron chi connectivity index (χ4n) is 1.34. The number of carbonyl (C=O) groups excluding carboxylic acids is 1. The second-order valence-corrected chi connectivity index (χ2v) is 3.54. The number of hydrogen-bond acceptors (Lipinski definition) is 5. The summed E-state index contributed by atoms with van der Waals surface area (Å²) in [5.74, 6) is -0.143. The van der Waals surface area contributed by atoms with Crippen LogP contribution < -0.4 is 5.32 Å². The summed E-state index contributed by atoms with van der Waals surface area (Å²) in [4.78, 5) is 11.1. The SMILES string of the molecule is CCOC(=O)CC1CNCCN1S. The van der Waals surface area contributed by atoms with Crippen molar-refractivity contribution in [1.29, 1.82) is 0 Å². The average Bonchev–Trinajstić information content (AvgIpc) is 2.09. The molecule has 1 rings (SSSR count). The fraction of sp³-hybridized carbons (Fsp3) is 0.875. The highest BCUT2D eigenvalue weighted by Gasteiger charge is 2.22. The van der Waals surface area contributed by atoms with Crippen molar-refractivity contribution in [2.45, 2.75) is 19.4 Å². The molecule has 1 atom stereocenters. The van der Waals surface area contributed by atoms with E-state index >= 15 is 0 Å². The van der Waals surface area contributed by atoms with Crippen molar-refractivity contribution in [1.82, 2.24) is 9.62 Å². The largest absolute Gasteiger partial charge is 0.466 e. The van der Waals surface area contributed by atoms with Gasteiger partial charge in [-0.3, -0.25) is 4.79 Å². The van der Waals surface area contributed by atoms with Gasteiger partial charge in [0.05, 0.1) is 13.0 Å². The van der Waals surface area contributed by atoms with Crippen LogP contribution in [0, 0.1) is 0 Å². The van der Waals surface area contributed by atoms with Crippen molar-refractivity contribution in [3.05, 3.63) is 0 Å². The Balaban J connectivity index is 2.29. The molecule has 0 spiro atoms. The molecule has 0 radical (unpaired) electrons. The zero-order valence-electron chi connectivity index (χ0n) is 7.82. The van der Waals surface area contributed by atoms with Gasteiger partial charge in [0.15, 0.2) is 0 Å². The van der Waals surface area contributed by atoms with Crippen LogP contribution in [0.5, 0.6) is 0 Å². The molecule has 1 fully saturated rings. The van der Waals surface area contributed by atoms with Gasteiger partial charge in [-0.1, -0.05) is 12.8 Å². The number of ether oxygens (including phenoxy) is 1. The number of hydrogen-bond donors (Lipinski definition) is 2. The summed E-state index contributed by atoms with van der Waals surface area (Å²) in [7, 11) is 0. The molecule has 0 aromatic rings. The Morgan fingerprint density at radius 1 is 1.77 bits per heavy atom. The van der Waals surface area contributed by atoms with E-state index in [4.69, 9.17) is 4.74 Å². The van der Waals surface area contributed by atoms with Gasteiger partial charge in [0.2, 0.25) is 0 Å². The number of rotatable bonds is 3. The van der Waals surface area contributed by atoms with E-state index in [2.05, 4.69) is 18.1 Å². The van der Waals surface area contributed by atoms with Crippen molar-refractivity contribution < 1.29 is 9.53 Å². The number of nitrogens with zero attached hydrogens (tertiary/aromatic N) is 1. The van der Waals surface area contributed by atoms with Crippen molar-refractivity contribution in [2.24, 2.45) is 0 Å². The summed E-state index contributed by atoms with van der Waals surface area (Å²) in [6, 6.07) is 0.163. The van der Waals surface area contributed by atoms with Crippen LogP contribution in [0.4, 0.5) is 0 Å². The van der Waals surface area contributed by atoms with Crippen LogP contribution in [0.1, 0.15) is 13.3 Å². The third-order valence-electron chi connectivity index (χ3n) is 2.03. The molecule has 76 valence electrons. The van der Waals surface area contributed by atoms with Crippen LogP contribution in [0.15, 0.2) is 0 Å². The van der Waals surface area contributed by atoms with E-state index in [9.17, 15) is 4.79 Å². The highest BCUT2D eigenvalue weighted by Crippen LogP contribution is 2.10. The van der Waals surface area contributed by atoms with Gasteiger partial charge >= 0.3 is 5.97 Å². The molecular weight excluding hydrogens is 188 g/mol. The predicted molar refractivity (Wildman–Crippen MR) is 53.6 cm³/mol. The first kappa shape index (κ1) is 10.8. The average molecular weight is 204 g/mol. The summed E-state index contributed by atoms with van der Waals surface area (Å²) >= 11 is 4.28. The minimum absolute atomic E-state index is 0.143. The number of carbonyl (C=O) groups is 1. The van der Waals surface area contributed by atoms with Gasteiger partial charge in [-0.2, -0.15) is 0 Å². The quantitative estimate of drug-likeness (QED) is 0.504. The van der Waals surface area contributed by atoms with Crippen LogP contribution in [0.3, 0.4) is 0 Å². The summed E-state index contributed by atoms with van der Waals surface area (Å²) in [5, 5.41) is 3.21. The predicted octanol–water partition coefficient (Wildman–Crippen LogP) is 0.0582. The standard InChI is InChI=1S/C8H16N2O2S/c1-2-12-8(11)5-7-6-9-3-4-10(7)13/h7,9,13H,2-6H2,1H3. The van der Waals surface area contributed by atoms with E-state index in [0.717, 1.165) is 19.6 Å². The van der Waals surface area contributed by atoms with E-state index < -0.39 is 0 Å². The topological polar surface area (TPSA) is 41.6 Å². The third kappa shape index (κ3) is 3.54. The van der Waals surface area contributed by atoms with E-state index in [1.54, 1.807) is 0 Å². The van der Waals surface area contributed by atoms with E-state index in [1.165, 1.54) is 0 Å². The first-order valence-corrected chi connectivity index (χ1v) is 4.96. The third-order valence-corrected chi connectivity index (χ3v) is 2.55. The van der Waals surface area contributed by atoms with Gasteiger partial charge < -0.3 is 10.1 Å². The van der Waals surface area contributed by atoms with E-state index in [1.807, 2.05) is 11.2 Å². The zero-order valence-corrected chi connectivity index (χ0v) is 8.72. The van der Waals surface area contributed by atoms with Gasteiger partial charge in [0.1, 0.15) is 0 Å². The van der Waals surface area contributed by atoms with Crippen LogP contribution in [-0.2, 0) is 9.53 Å². The molecule has 1 unspecified atom stereocenters. The van der Waals surface area contributed by atoms with Gasteiger partial charge in [-0.15, -0.1) is 0 Å². The maximum atomic E-state index is 11.1. The molecule has 1 N–H and O–H groups in total. The highest BCUT2D eigenvalue weighted by atomic mass is 32.1. The summed E-state index contributed by atoms with van der Waals surface area (Å²) < 4.78 is 6.76. The molecule has 0 aliphatic carbocycles. The van der Waals surface area contributed by atoms with Crippen molar-refractivity contribution >= 4 is 18.8 Å². The lowest BCUT2D eigenvalue weighted by Crippen LogP contribution is -2.47. The second-order valence-electron chi connectivity index (χ2n) is 3.03. The van der Waals surface area contributed by atoms with Crippen molar-refractivity contribution in [3.8, 4) is 0 Å². The summed E-state index contributed by atoms with van der Waals surface area (Å²) in [6.45, 7) is 4.87. The minimum atomic E-state index is -0.143. The number of esters is 1. The molecule has 1 saturated heterocycles. The summed E-state index contributed by atoms with van der Waals surface area (Å²) in [6.07, 6.45) is 0.421. The van der Waals surface area contributed by atoms with Gasteiger partial charge in [0.25, 0.3) is 0 Å². The monoisotopic (exact) mass is 204 g/mol. The smallest absolute Gasteiger partial charge is 0.307 e. The Bertz CT molecular complexity index is 178. The van der Waals surface area contributed by atoms with Gasteiger partial charge in [-0.25, -0.2) is 4.31 Å². The number of nitrogens with one attached hydrogen (secondary N) is 1. The van der Waals surface area contributed by atoms with Crippen molar-refractivity contribution in [3.63, 3.8) is 0 Å². The Labute approximate surface area is 84.2 Å². The highest BCUT2D eigenvalue weighted by molar-refractivity contribution is 7.77. The molecule has 0 saturated carbocycles. The Kier molecular flexibility index (Phi) is 4.55. The molecule has 0 aromatic carbocycles. The van der Waals surface area contributed by atoms with Crippen molar-refractivity contribution in [2.75, 3.05) is 26.2 Å². The molecule has 1 aliphatic heterocycles. The Hall–Kier alpha value is -0.260. The normalized spacial score (nSPS) is 24.3. The maximum absolute atomic E-state index is 11.1. The first-order valence-electron chi connectivity index (χ1n) is 4.56. The Morgan fingerprint density at radius 3 is 3.15 bits per heavy atom. The van der Waals surface area contributed by atoms with Crippen LogP contribution in [0.25, 0.3) is 0 Å². The molecule has 0 amide bonds. The second kappa shape index (κ2) is 5.47. The molecule has 13 heavy (non-hydrogen) atoms. The van der Waals surface area contributed by atoms with E-state index in [0.29, 0.717) is 13.0 Å². The van der Waals surface area contributed by atoms with Gasteiger partial charge in [-0.05, 0) is 6.92 Å². The van der Waals surface area contributed by atoms with Crippen LogP contribution in [-0.4, -0.2) is 42.6 Å². The molecule has 1 heterocycles. The lowest BCUT2D eigenvalue weighted by molar-refractivity contribution is -0.144. The first-order chi connectivity index (χ1) is 6.24.